The third-order valence-corrected chi connectivity index (χ3v) is 13.5. The summed E-state index contributed by atoms with van der Waals surface area (Å²) in [7, 11) is 0. The van der Waals surface area contributed by atoms with E-state index >= 15 is 0 Å². The number of ether oxygens (including phenoxy) is 3. The van der Waals surface area contributed by atoms with E-state index in [4.69, 9.17) is 19.2 Å². The Bertz CT molecular complexity index is 2130. The van der Waals surface area contributed by atoms with Gasteiger partial charge in [0.15, 0.2) is 5.82 Å². The van der Waals surface area contributed by atoms with Crippen molar-refractivity contribution in [3.8, 4) is 5.75 Å². The Morgan fingerprint density at radius 2 is 1.60 bits per heavy atom. The predicted molar refractivity (Wildman–Crippen MR) is 209 cm³/mol. The lowest BCUT2D eigenvalue weighted by molar-refractivity contribution is -0.117. The Balaban J connectivity index is 0.993. The summed E-state index contributed by atoms with van der Waals surface area (Å²) in [5.41, 5.74) is 3.48. The zero-order valence-electron chi connectivity index (χ0n) is 30.0. The highest BCUT2D eigenvalue weighted by Crippen LogP contribution is 2.62. The van der Waals surface area contributed by atoms with E-state index in [1.165, 1.54) is 11.1 Å². The van der Waals surface area contributed by atoms with E-state index < -0.39 is 0 Å². The maximum atomic E-state index is 7.14. The first kappa shape index (κ1) is 31.6. The predicted octanol–water partition coefficient (Wildman–Crippen LogP) is 10.0. The van der Waals surface area contributed by atoms with Crippen molar-refractivity contribution in [2.24, 2.45) is 40.5 Å². The van der Waals surface area contributed by atoms with Crippen LogP contribution in [0.2, 0.25) is 0 Å². The van der Waals surface area contributed by atoms with Gasteiger partial charge in [-0.05, 0) is 62.0 Å². The fourth-order valence-electron chi connectivity index (χ4n) is 11.2. The minimum atomic E-state index is -0.306. The first-order valence-electron chi connectivity index (χ1n) is 20.0. The SMILES string of the molecule is C1=CCC(C2C=CC3C(C2)OC2C=CC=CC2C32C3=C(CC(C4CC=CC5=C4OC4=C(N=CCC4)N5C4C=CC=CC4)C=C3)Oc3ccccc32)C=C1. The number of fused-ring (bicyclic) bond motifs is 7. The Hall–Kier alpha value is -4.87. The summed E-state index contributed by atoms with van der Waals surface area (Å²) in [4.78, 5) is 7.36. The molecule has 10 unspecified atom stereocenters. The quantitative estimate of drug-likeness (QED) is 0.295. The number of benzene rings is 1. The second kappa shape index (κ2) is 12.6. The minimum absolute atomic E-state index is 0.00310. The second-order valence-corrected chi connectivity index (χ2v) is 16.2. The van der Waals surface area contributed by atoms with Crippen LogP contribution in [0.15, 0.2) is 173 Å². The highest BCUT2D eigenvalue weighted by atomic mass is 16.5. The molecule has 1 fully saturated rings. The summed E-state index contributed by atoms with van der Waals surface area (Å²) in [6, 6.07) is 9.08. The molecule has 0 aromatic heterocycles. The molecule has 0 saturated carbocycles. The van der Waals surface area contributed by atoms with Gasteiger partial charge in [0, 0.05) is 53.4 Å². The summed E-state index contributed by atoms with van der Waals surface area (Å²) >= 11 is 0. The highest BCUT2D eigenvalue weighted by Gasteiger charge is 2.61. The Morgan fingerprint density at radius 1 is 0.717 bits per heavy atom. The fraction of sp³-hybridized carbons (Fsp3) is 0.354. The molecule has 0 amide bonds. The van der Waals surface area contributed by atoms with Gasteiger partial charge in [-0.25, -0.2) is 4.99 Å². The molecule has 11 rings (SSSR count). The number of rotatable bonds is 3. The molecule has 4 heterocycles. The van der Waals surface area contributed by atoms with Gasteiger partial charge in [0.25, 0.3) is 0 Å². The van der Waals surface area contributed by atoms with Crippen molar-refractivity contribution in [3.63, 3.8) is 0 Å². The fourth-order valence-corrected chi connectivity index (χ4v) is 11.2. The van der Waals surface area contributed by atoms with Crippen LogP contribution in [0.5, 0.6) is 5.75 Å². The summed E-state index contributed by atoms with van der Waals surface area (Å²) in [5.74, 6) is 6.93. The molecule has 266 valence electrons. The molecule has 1 aromatic rings. The van der Waals surface area contributed by atoms with E-state index in [0.717, 1.165) is 79.5 Å². The maximum absolute atomic E-state index is 7.14. The zero-order chi connectivity index (χ0) is 34.9. The molecule has 4 aliphatic heterocycles. The van der Waals surface area contributed by atoms with Gasteiger partial charge in [-0.3, -0.25) is 0 Å². The van der Waals surface area contributed by atoms with Crippen LogP contribution in [0, 0.1) is 35.5 Å². The van der Waals surface area contributed by atoms with Gasteiger partial charge in [0.2, 0.25) is 0 Å². The highest BCUT2D eigenvalue weighted by molar-refractivity contribution is 5.62. The lowest BCUT2D eigenvalue weighted by atomic mass is 9.50. The van der Waals surface area contributed by atoms with Gasteiger partial charge < -0.3 is 19.1 Å². The topological polar surface area (TPSA) is 43.3 Å². The first-order chi connectivity index (χ1) is 26.3. The van der Waals surface area contributed by atoms with Gasteiger partial charge in [0.1, 0.15) is 23.0 Å². The molecule has 0 bridgehead atoms. The van der Waals surface area contributed by atoms with E-state index in [0.29, 0.717) is 11.8 Å². The van der Waals surface area contributed by atoms with Crippen molar-refractivity contribution in [1.82, 2.24) is 4.90 Å². The number of hydrogen-bond acceptors (Lipinski definition) is 5. The van der Waals surface area contributed by atoms with Crippen LogP contribution in [0.1, 0.15) is 50.5 Å². The molecule has 0 N–H and O–H groups in total. The molecule has 10 atom stereocenters. The van der Waals surface area contributed by atoms with Crippen LogP contribution in [-0.4, -0.2) is 29.4 Å². The van der Waals surface area contributed by atoms with Gasteiger partial charge in [0.05, 0.1) is 23.9 Å². The third kappa shape index (κ3) is 4.89. The molecule has 1 aromatic carbocycles. The van der Waals surface area contributed by atoms with Crippen LogP contribution >= 0.6 is 0 Å². The van der Waals surface area contributed by atoms with Crippen LogP contribution in [0.4, 0.5) is 0 Å². The molecule has 0 radical (unpaired) electrons. The average molecular weight is 699 g/mol. The van der Waals surface area contributed by atoms with E-state index in [1.807, 2.05) is 6.21 Å². The Morgan fingerprint density at radius 3 is 2.51 bits per heavy atom. The number of allylic oxidation sites excluding steroid dienone is 17. The van der Waals surface area contributed by atoms with Gasteiger partial charge >= 0.3 is 0 Å². The molecule has 10 aliphatic rings. The molecular weight excluding hydrogens is 653 g/mol. The van der Waals surface area contributed by atoms with Crippen molar-refractivity contribution < 1.29 is 14.2 Å². The first-order valence-corrected chi connectivity index (χ1v) is 20.0. The summed E-state index contributed by atoms with van der Waals surface area (Å²) in [6.45, 7) is 0. The van der Waals surface area contributed by atoms with Gasteiger partial charge in [-0.15, -0.1) is 0 Å². The molecule has 53 heavy (non-hydrogen) atoms. The molecule has 1 saturated heterocycles. The van der Waals surface area contributed by atoms with Crippen molar-refractivity contribution in [3.05, 3.63) is 174 Å². The third-order valence-electron chi connectivity index (χ3n) is 13.5. The summed E-state index contributed by atoms with van der Waals surface area (Å²) in [6.07, 6.45) is 50.6. The molecular formula is C48H46N2O3. The second-order valence-electron chi connectivity index (χ2n) is 16.2. The van der Waals surface area contributed by atoms with E-state index in [9.17, 15) is 0 Å². The standard InChI is InChI=1S/C48H46N2O3/c1-3-13-31(14-4-1)32-24-26-38-44(29-32)51-41-21-9-7-18-36(41)48(38)37-19-8-10-22-42(37)52-45-30-33(25-27-39(45)48)35-17-11-20-40-46(35)53-43-23-12-28-49-47(43)50(40)34-15-5-2-6-16-34/h1-11,13,15,18-22,24-28,31-36,38,41,44H,12,14,16-17,23,29-30H2. The average Bonchev–Trinajstić information content (AvgIpc) is 3.22. The number of para-hydroxylation sites is 1. The smallest absolute Gasteiger partial charge is 0.172 e. The molecule has 6 aliphatic carbocycles. The van der Waals surface area contributed by atoms with E-state index in [1.54, 1.807) is 0 Å². The monoisotopic (exact) mass is 698 g/mol. The largest absolute Gasteiger partial charge is 0.461 e. The van der Waals surface area contributed by atoms with Crippen molar-refractivity contribution in [1.29, 1.82) is 0 Å². The van der Waals surface area contributed by atoms with Crippen molar-refractivity contribution >= 4 is 6.21 Å². The molecule has 5 heteroatoms. The van der Waals surface area contributed by atoms with Crippen LogP contribution in [-0.2, 0) is 14.9 Å². The molecule has 1 spiro atoms. The van der Waals surface area contributed by atoms with Gasteiger partial charge in [-0.1, -0.05) is 121 Å². The summed E-state index contributed by atoms with van der Waals surface area (Å²) in [5, 5.41) is 0. The minimum Gasteiger partial charge on any atom is -0.461 e. The maximum Gasteiger partial charge on any atom is 0.172 e. The number of hydrogen-bond donors (Lipinski definition) is 0. The lowest BCUT2D eigenvalue weighted by Crippen LogP contribution is -2.60. The van der Waals surface area contributed by atoms with Crippen LogP contribution < -0.4 is 4.74 Å². The zero-order valence-corrected chi connectivity index (χ0v) is 30.0. The normalized spacial score (nSPS) is 38.3. The Labute approximate surface area is 312 Å². The molecule has 5 nitrogen and oxygen atoms in total. The van der Waals surface area contributed by atoms with E-state index in [-0.39, 0.29) is 47.3 Å². The van der Waals surface area contributed by atoms with Crippen LogP contribution in [0.25, 0.3) is 0 Å². The van der Waals surface area contributed by atoms with E-state index in [2.05, 4.69) is 139 Å². The van der Waals surface area contributed by atoms with Crippen LogP contribution in [0.3, 0.4) is 0 Å². The lowest BCUT2D eigenvalue weighted by Gasteiger charge is -2.59. The summed E-state index contributed by atoms with van der Waals surface area (Å²) < 4.78 is 21.2. The Kier molecular flexibility index (Phi) is 7.54. The van der Waals surface area contributed by atoms with Crippen molar-refractivity contribution in [2.75, 3.05) is 0 Å². The van der Waals surface area contributed by atoms with Gasteiger partial charge in [-0.2, -0.15) is 0 Å². The van der Waals surface area contributed by atoms with Crippen molar-refractivity contribution in [2.45, 2.75) is 68.6 Å². The number of nitrogens with zero attached hydrogens (tertiary/aromatic N) is 2. The number of aliphatic imine (C=N–C) groups is 1.